The number of thiophene rings is 1. The maximum atomic E-state index is 12.9. The molecule has 0 radical (unpaired) electrons. The summed E-state index contributed by atoms with van der Waals surface area (Å²) in [4.78, 5) is 16.3. The number of aliphatic hydroxyl groups excluding tert-OH is 1. The van der Waals surface area contributed by atoms with Crippen molar-refractivity contribution in [2.24, 2.45) is 0 Å². The first-order valence-electron chi connectivity index (χ1n) is 7.61. The van der Waals surface area contributed by atoms with Gasteiger partial charge in [-0.2, -0.15) is 11.3 Å². The molecule has 1 N–H and O–H groups in total. The van der Waals surface area contributed by atoms with E-state index in [4.69, 9.17) is 0 Å². The van der Waals surface area contributed by atoms with Gasteiger partial charge < -0.3 is 10.0 Å². The maximum absolute atomic E-state index is 12.9. The topological polar surface area (TPSA) is 43.8 Å². The highest BCUT2D eigenvalue weighted by Crippen LogP contribution is 2.17. The molecule has 2 aromatic rings. The Kier molecular flexibility index (Phi) is 5.05. The summed E-state index contributed by atoms with van der Waals surface area (Å²) in [6.45, 7) is 3.27. The molecule has 0 spiro atoms. The summed E-state index contributed by atoms with van der Waals surface area (Å²) in [5.74, 6) is -0.230. The van der Waals surface area contributed by atoms with Crippen LogP contribution in [0, 0.1) is 5.82 Å². The van der Waals surface area contributed by atoms with Gasteiger partial charge in [-0.1, -0.05) is 12.1 Å². The Balaban J connectivity index is 1.51. The molecule has 3 rings (SSSR count). The molecule has 1 aromatic heterocycles. The molecule has 1 amide bonds. The van der Waals surface area contributed by atoms with Crippen LogP contribution in [0.1, 0.15) is 22.0 Å². The maximum Gasteiger partial charge on any atom is 0.254 e. The zero-order valence-electron chi connectivity index (χ0n) is 12.7. The van der Waals surface area contributed by atoms with Crippen molar-refractivity contribution in [1.29, 1.82) is 0 Å². The minimum absolute atomic E-state index is 0.0741. The first-order chi connectivity index (χ1) is 11.1. The van der Waals surface area contributed by atoms with Crippen molar-refractivity contribution in [3.8, 4) is 0 Å². The smallest absolute Gasteiger partial charge is 0.254 e. The molecule has 1 aromatic carbocycles. The summed E-state index contributed by atoms with van der Waals surface area (Å²) in [5.41, 5.74) is 1.46. The largest absolute Gasteiger partial charge is 0.387 e. The van der Waals surface area contributed by atoms with E-state index in [9.17, 15) is 14.3 Å². The predicted molar refractivity (Wildman–Crippen MR) is 88.0 cm³/mol. The first kappa shape index (κ1) is 16.1. The zero-order chi connectivity index (χ0) is 16.2. The second kappa shape index (κ2) is 7.21. The fraction of sp³-hybridized carbons (Fsp3) is 0.353. The second-order valence-electron chi connectivity index (χ2n) is 5.67. The minimum Gasteiger partial charge on any atom is -0.387 e. The Morgan fingerprint density at radius 2 is 1.87 bits per heavy atom. The molecule has 1 aliphatic heterocycles. The van der Waals surface area contributed by atoms with Gasteiger partial charge in [0, 0.05) is 38.1 Å². The molecule has 1 fully saturated rings. The average Bonchev–Trinajstić information content (AvgIpc) is 3.10. The number of carbonyl (C=O) groups is 1. The molecule has 1 aliphatic rings. The number of piperazine rings is 1. The van der Waals surface area contributed by atoms with Crippen molar-refractivity contribution in [1.82, 2.24) is 9.80 Å². The van der Waals surface area contributed by atoms with Crippen molar-refractivity contribution in [2.75, 3.05) is 32.7 Å². The third-order valence-electron chi connectivity index (χ3n) is 4.11. The molecule has 4 nitrogen and oxygen atoms in total. The second-order valence-corrected chi connectivity index (χ2v) is 6.45. The molecule has 6 heteroatoms. The number of hydrogen-bond donors (Lipinski definition) is 1. The number of nitrogens with zero attached hydrogens (tertiary/aromatic N) is 2. The molecule has 0 bridgehead atoms. The Labute approximate surface area is 138 Å². The van der Waals surface area contributed by atoms with E-state index >= 15 is 0 Å². The van der Waals surface area contributed by atoms with Crippen molar-refractivity contribution in [3.05, 3.63) is 58.0 Å². The van der Waals surface area contributed by atoms with Crippen LogP contribution in [-0.4, -0.2) is 53.5 Å². The first-order valence-corrected chi connectivity index (χ1v) is 8.55. The summed E-state index contributed by atoms with van der Waals surface area (Å²) in [6.07, 6.45) is -0.644. The van der Waals surface area contributed by atoms with E-state index in [-0.39, 0.29) is 11.7 Å². The van der Waals surface area contributed by atoms with Crippen molar-refractivity contribution in [3.63, 3.8) is 0 Å². The van der Waals surface area contributed by atoms with Crippen LogP contribution in [0.5, 0.6) is 0 Å². The van der Waals surface area contributed by atoms with E-state index in [0.29, 0.717) is 25.2 Å². The van der Waals surface area contributed by atoms with Gasteiger partial charge in [-0.25, -0.2) is 4.39 Å². The van der Waals surface area contributed by atoms with Crippen LogP contribution in [0.2, 0.25) is 0 Å². The third-order valence-corrected chi connectivity index (χ3v) is 4.80. The van der Waals surface area contributed by atoms with E-state index in [1.54, 1.807) is 12.1 Å². The summed E-state index contributed by atoms with van der Waals surface area (Å²) in [6, 6.07) is 7.77. The van der Waals surface area contributed by atoms with E-state index < -0.39 is 6.10 Å². The third kappa shape index (κ3) is 3.96. The number of hydrogen-bond acceptors (Lipinski definition) is 4. The lowest BCUT2D eigenvalue weighted by Crippen LogP contribution is -2.49. The van der Waals surface area contributed by atoms with E-state index in [1.165, 1.54) is 23.5 Å². The van der Waals surface area contributed by atoms with Gasteiger partial charge in [-0.05, 0) is 29.1 Å². The number of amides is 1. The lowest BCUT2D eigenvalue weighted by atomic mass is 10.1. The van der Waals surface area contributed by atoms with Crippen molar-refractivity contribution in [2.45, 2.75) is 6.10 Å². The molecule has 122 valence electrons. The van der Waals surface area contributed by atoms with Crippen molar-refractivity contribution >= 4 is 17.2 Å². The van der Waals surface area contributed by atoms with Crippen LogP contribution in [-0.2, 0) is 0 Å². The Hall–Kier alpha value is -1.76. The van der Waals surface area contributed by atoms with Crippen LogP contribution in [0.4, 0.5) is 4.39 Å². The Morgan fingerprint density at radius 1 is 1.17 bits per heavy atom. The Morgan fingerprint density at radius 3 is 2.48 bits per heavy atom. The van der Waals surface area contributed by atoms with Crippen LogP contribution in [0.15, 0.2) is 41.1 Å². The van der Waals surface area contributed by atoms with Crippen LogP contribution < -0.4 is 0 Å². The van der Waals surface area contributed by atoms with E-state index in [0.717, 1.165) is 18.7 Å². The predicted octanol–water partition coefficient (Wildman–Crippen LogP) is 2.38. The summed E-state index contributed by atoms with van der Waals surface area (Å²) in [7, 11) is 0. The fourth-order valence-electron chi connectivity index (χ4n) is 2.74. The number of rotatable bonds is 4. The van der Waals surface area contributed by atoms with Crippen LogP contribution in [0.3, 0.4) is 0 Å². The number of carbonyl (C=O) groups excluding carboxylic acids is 1. The van der Waals surface area contributed by atoms with Crippen LogP contribution in [0.25, 0.3) is 0 Å². The fourth-order valence-corrected chi connectivity index (χ4v) is 3.37. The van der Waals surface area contributed by atoms with Gasteiger partial charge in [0.1, 0.15) is 5.82 Å². The summed E-state index contributed by atoms with van der Waals surface area (Å²) >= 11 is 1.52. The van der Waals surface area contributed by atoms with E-state index in [2.05, 4.69) is 4.90 Å². The quantitative estimate of drug-likeness (QED) is 0.934. The molecule has 2 heterocycles. The Bertz CT molecular complexity index is 637. The van der Waals surface area contributed by atoms with Crippen LogP contribution >= 0.6 is 11.3 Å². The average molecular weight is 334 g/mol. The van der Waals surface area contributed by atoms with Gasteiger partial charge in [0.15, 0.2) is 0 Å². The number of β-amino-alcohol motifs (C(OH)–C–C–N with tert-alkyl or cyclic N) is 1. The normalized spacial score (nSPS) is 17.2. The molecule has 1 saturated heterocycles. The molecule has 0 saturated carbocycles. The van der Waals surface area contributed by atoms with Gasteiger partial charge in [-0.3, -0.25) is 9.69 Å². The molecule has 0 aliphatic carbocycles. The molecule has 0 unspecified atom stereocenters. The monoisotopic (exact) mass is 334 g/mol. The number of aliphatic hydroxyl groups is 1. The van der Waals surface area contributed by atoms with Gasteiger partial charge in [0.25, 0.3) is 5.91 Å². The summed E-state index contributed by atoms with van der Waals surface area (Å²) in [5, 5.41) is 14.0. The number of halogens is 1. The zero-order valence-corrected chi connectivity index (χ0v) is 13.5. The lowest BCUT2D eigenvalue weighted by Gasteiger charge is -2.35. The van der Waals surface area contributed by atoms with Gasteiger partial charge >= 0.3 is 0 Å². The molecule has 1 atom stereocenters. The SMILES string of the molecule is O=C(c1ccsc1)N1CCN(C[C@H](O)c2ccc(F)cc2)CC1. The minimum atomic E-state index is -0.644. The highest BCUT2D eigenvalue weighted by Gasteiger charge is 2.23. The molecular weight excluding hydrogens is 315 g/mol. The lowest BCUT2D eigenvalue weighted by molar-refractivity contribution is 0.0528. The number of benzene rings is 1. The van der Waals surface area contributed by atoms with E-state index in [1.807, 2.05) is 21.7 Å². The van der Waals surface area contributed by atoms with Gasteiger partial charge in [0.05, 0.1) is 11.7 Å². The van der Waals surface area contributed by atoms with Crippen molar-refractivity contribution < 1.29 is 14.3 Å². The van der Waals surface area contributed by atoms with Gasteiger partial charge in [0.2, 0.25) is 0 Å². The summed E-state index contributed by atoms with van der Waals surface area (Å²) < 4.78 is 12.9. The van der Waals surface area contributed by atoms with Gasteiger partial charge in [-0.15, -0.1) is 0 Å². The molecule has 23 heavy (non-hydrogen) atoms. The highest BCUT2D eigenvalue weighted by atomic mass is 32.1. The highest BCUT2D eigenvalue weighted by molar-refractivity contribution is 7.08. The molecular formula is C17H19FN2O2S. The standard InChI is InChI=1S/C17H19FN2O2S/c18-15-3-1-13(2-4-15)16(21)11-19-6-8-20(9-7-19)17(22)14-5-10-23-12-14/h1-5,10,12,16,21H,6-9,11H2/t16-/m0/s1.